The van der Waals surface area contributed by atoms with E-state index in [1.807, 2.05) is 0 Å². The molecule has 1 aliphatic heterocycles. The number of nitrogens with one attached hydrogen (secondary N) is 1. The Hall–Kier alpha value is 0.660. The van der Waals surface area contributed by atoms with E-state index in [1.54, 1.807) is 0 Å². The topological polar surface area (TPSA) is 12.0 Å². The fraction of sp³-hybridized carbons (Fsp3) is 1.00. The molecule has 3 atom stereocenters. The van der Waals surface area contributed by atoms with Crippen LogP contribution in [-0.4, -0.2) is 35.1 Å². The summed E-state index contributed by atoms with van der Waals surface area (Å²) < 4.78 is 0. The lowest BCUT2D eigenvalue weighted by Crippen LogP contribution is -2.44. The van der Waals surface area contributed by atoms with E-state index < -0.39 is 0 Å². The quantitative estimate of drug-likeness (QED) is 0.813. The number of hydrogen-bond donors (Lipinski definition) is 1. The Morgan fingerprint density at radius 3 is 2.41 bits per heavy atom. The summed E-state index contributed by atoms with van der Waals surface area (Å²) in [4.78, 5) is 0. The second kappa shape index (κ2) is 7.30. The van der Waals surface area contributed by atoms with Crippen molar-refractivity contribution in [3.8, 4) is 0 Å². The normalized spacial score (nSPS) is 28.1. The highest BCUT2D eigenvalue weighted by atomic mass is 32.2. The molecule has 0 aromatic rings. The predicted molar refractivity (Wildman–Crippen MR) is 84.3 cm³/mol. The van der Waals surface area contributed by atoms with Gasteiger partial charge in [0.1, 0.15) is 0 Å². The minimum Gasteiger partial charge on any atom is -0.316 e. The molecule has 1 fully saturated rings. The fourth-order valence-electron chi connectivity index (χ4n) is 2.37. The van der Waals surface area contributed by atoms with Crippen LogP contribution in [-0.2, 0) is 0 Å². The number of thioether (sulfide) groups is 2. The number of rotatable bonds is 5. The average Bonchev–Trinajstić information content (AvgIpc) is 2.29. The monoisotopic (exact) mass is 275 g/mol. The van der Waals surface area contributed by atoms with Crippen LogP contribution in [0.2, 0.25) is 0 Å². The van der Waals surface area contributed by atoms with Crippen molar-refractivity contribution >= 4 is 23.5 Å². The highest BCUT2D eigenvalue weighted by Gasteiger charge is 2.31. The molecule has 1 N–H and O–H groups in total. The van der Waals surface area contributed by atoms with Crippen LogP contribution in [0.5, 0.6) is 0 Å². The molecule has 0 radical (unpaired) electrons. The Balaban J connectivity index is 2.52. The molecule has 0 aliphatic carbocycles. The van der Waals surface area contributed by atoms with Gasteiger partial charge in [-0.15, -0.1) is 0 Å². The van der Waals surface area contributed by atoms with Gasteiger partial charge in [-0.05, 0) is 31.7 Å². The van der Waals surface area contributed by atoms with Gasteiger partial charge in [-0.1, -0.05) is 27.7 Å². The van der Waals surface area contributed by atoms with E-state index in [0.717, 1.165) is 10.5 Å². The summed E-state index contributed by atoms with van der Waals surface area (Å²) in [5.41, 5.74) is 0.462. The Bertz CT molecular complexity index is 213. The van der Waals surface area contributed by atoms with Gasteiger partial charge in [0.2, 0.25) is 0 Å². The van der Waals surface area contributed by atoms with E-state index in [4.69, 9.17) is 0 Å². The van der Waals surface area contributed by atoms with Gasteiger partial charge in [-0.25, -0.2) is 0 Å². The van der Waals surface area contributed by atoms with E-state index in [9.17, 15) is 0 Å². The van der Waals surface area contributed by atoms with Gasteiger partial charge < -0.3 is 5.32 Å². The first-order valence-corrected chi connectivity index (χ1v) is 8.98. The Labute approximate surface area is 116 Å². The van der Waals surface area contributed by atoms with Gasteiger partial charge in [0.05, 0.1) is 0 Å². The molecule has 1 saturated heterocycles. The summed E-state index contributed by atoms with van der Waals surface area (Å²) in [5.74, 6) is 2.68. The third-order valence-corrected chi connectivity index (χ3v) is 6.87. The van der Waals surface area contributed by atoms with E-state index in [1.165, 1.54) is 30.8 Å². The SMILES string of the molecule is CCC1SCCSC1C(CCC(C)(C)C)NC. The van der Waals surface area contributed by atoms with Crippen LogP contribution < -0.4 is 5.32 Å². The van der Waals surface area contributed by atoms with Crippen molar-refractivity contribution in [1.29, 1.82) is 0 Å². The van der Waals surface area contributed by atoms with Gasteiger partial charge in [0.15, 0.2) is 0 Å². The third kappa shape index (κ3) is 5.44. The van der Waals surface area contributed by atoms with Crippen LogP contribution in [0, 0.1) is 5.41 Å². The molecule has 17 heavy (non-hydrogen) atoms. The van der Waals surface area contributed by atoms with Crippen molar-refractivity contribution in [2.45, 2.75) is 63.5 Å². The van der Waals surface area contributed by atoms with Crippen molar-refractivity contribution in [3.63, 3.8) is 0 Å². The average molecular weight is 276 g/mol. The van der Waals surface area contributed by atoms with Crippen molar-refractivity contribution < 1.29 is 0 Å². The molecule has 102 valence electrons. The lowest BCUT2D eigenvalue weighted by Gasteiger charge is -2.37. The minimum absolute atomic E-state index is 0.462. The molecular formula is C14H29NS2. The molecule has 0 spiro atoms. The maximum Gasteiger partial charge on any atom is 0.0320 e. The van der Waals surface area contributed by atoms with Gasteiger partial charge in [-0.3, -0.25) is 0 Å². The molecule has 0 bridgehead atoms. The van der Waals surface area contributed by atoms with Crippen LogP contribution in [0.3, 0.4) is 0 Å². The van der Waals surface area contributed by atoms with Crippen molar-refractivity contribution in [2.24, 2.45) is 5.41 Å². The standard InChI is InChI=1S/C14H29NS2/c1-6-12-13(17-10-9-16-12)11(15-5)7-8-14(2,3)4/h11-13,15H,6-10H2,1-5H3. The van der Waals surface area contributed by atoms with E-state index in [-0.39, 0.29) is 0 Å². The molecular weight excluding hydrogens is 246 g/mol. The van der Waals surface area contributed by atoms with E-state index in [0.29, 0.717) is 11.5 Å². The Morgan fingerprint density at radius 2 is 1.88 bits per heavy atom. The van der Waals surface area contributed by atoms with Gasteiger partial charge in [0.25, 0.3) is 0 Å². The molecule has 0 saturated carbocycles. The van der Waals surface area contributed by atoms with Crippen LogP contribution in [0.25, 0.3) is 0 Å². The smallest absolute Gasteiger partial charge is 0.0320 e. The zero-order valence-corrected chi connectivity index (χ0v) is 13.7. The molecule has 0 aromatic carbocycles. The van der Waals surface area contributed by atoms with Crippen molar-refractivity contribution in [2.75, 3.05) is 18.6 Å². The highest BCUT2D eigenvalue weighted by Crippen LogP contribution is 2.37. The Kier molecular flexibility index (Phi) is 6.75. The lowest BCUT2D eigenvalue weighted by atomic mass is 9.87. The first-order valence-electron chi connectivity index (χ1n) is 6.88. The van der Waals surface area contributed by atoms with E-state index in [2.05, 4.69) is 63.6 Å². The van der Waals surface area contributed by atoms with Crippen LogP contribution in [0.1, 0.15) is 47.0 Å². The second-order valence-corrected chi connectivity index (χ2v) is 8.78. The summed E-state index contributed by atoms with van der Waals surface area (Å²) in [5, 5.41) is 5.24. The van der Waals surface area contributed by atoms with Crippen molar-refractivity contribution in [1.82, 2.24) is 5.32 Å². The van der Waals surface area contributed by atoms with E-state index >= 15 is 0 Å². The number of hydrogen-bond acceptors (Lipinski definition) is 3. The molecule has 0 amide bonds. The van der Waals surface area contributed by atoms with Crippen LogP contribution >= 0.6 is 23.5 Å². The molecule has 1 heterocycles. The zero-order chi connectivity index (χ0) is 12.9. The zero-order valence-electron chi connectivity index (χ0n) is 12.1. The maximum atomic E-state index is 3.57. The molecule has 1 rings (SSSR count). The van der Waals surface area contributed by atoms with Crippen molar-refractivity contribution in [3.05, 3.63) is 0 Å². The molecule has 3 heteroatoms. The van der Waals surface area contributed by atoms with Gasteiger partial charge in [0, 0.05) is 28.0 Å². The second-order valence-electron chi connectivity index (χ2n) is 6.15. The summed E-state index contributed by atoms with van der Waals surface area (Å²) in [6, 6.07) is 0.692. The fourth-order valence-corrected chi connectivity index (χ4v) is 5.72. The summed E-state index contributed by atoms with van der Waals surface area (Å²) in [7, 11) is 2.14. The van der Waals surface area contributed by atoms with Gasteiger partial charge in [-0.2, -0.15) is 23.5 Å². The molecule has 0 aromatic heterocycles. The maximum absolute atomic E-state index is 3.57. The largest absolute Gasteiger partial charge is 0.316 e. The molecule has 1 nitrogen and oxygen atoms in total. The summed E-state index contributed by atoms with van der Waals surface area (Å²) in [6.07, 6.45) is 3.95. The molecule has 3 unspecified atom stereocenters. The minimum atomic E-state index is 0.462. The third-order valence-electron chi connectivity index (χ3n) is 3.47. The predicted octanol–water partition coefficient (Wildman–Crippen LogP) is 4.03. The summed E-state index contributed by atoms with van der Waals surface area (Å²) in [6.45, 7) is 9.38. The lowest BCUT2D eigenvalue weighted by molar-refractivity contribution is 0.330. The van der Waals surface area contributed by atoms with Crippen LogP contribution in [0.4, 0.5) is 0 Å². The first kappa shape index (κ1) is 15.7. The summed E-state index contributed by atoms with van der Waals surface area (Å²) >= 11 is 4.38. The Morgan fingerprint density at radius 1 is 1.24 bits per heavy atom. The van der Waals surface area contributed by atoms with Gasteiger partial charge >= 0.3 is 0 Å². The first-order chi connectivity index (χ1) is 7.98. The van der Waals surface area contributed by atoms with Crippen LogP contribution in [0.15, 0.2) is 0 Å². The molecule has 1 aliphatic rings. The highest BCUT2D eigenvalue weighted by molar-refractivity contribution is 8.07.